The average molecular weight is 362 g/mol. The molecule has 0 saturated carbocycles. The topological polar surface area (TPSA) is 30.5 Å². The van der Waals surface area contributed by atoms with Gasteiger partial charge in [0.25, 0.3) is 0 Å². The molecule has 2 aromatic carbocycles. The molecule has 25 heavy (non-hydrogen) atoms. The van der Waals surface area contributed by atoms with Crippen molar-refractivity contribution in [2.45, 2.75) is 45.7 Å². The molecule has 0 spiro atoms. The minimum atomic E-state index is 0.734. The maximum atomic E-state index is 6.18. The molecular weight excluding hydrogens is 334 g/mol. The summed E-state index contributed by atoms with van der Waals surface area (Å²) in [6.45, 7) is 4.43. The number of halogens is 1. The molecule has 3 nitrogen and oxygen atoms in total. The van der Waals surface area contributed by atoms with Gasteiger partial charge < -0.3 is 14.8 Å². The zero-order chi connectivity index (χ0) is 17.9. The number of hydrogen-bond acceptors (Lipinski definition) is 3. The van der Waals surface area contributed by atoms with Crippen LogP contribution in [0.2, 0.25) is 5.02 Å². The van der Waals surface area contributed by atoms with E-state index >= 15 is 0 Å². The molecule has 0 amide bonds. The number of benzene rings is 2. The van der Waals surface area contributed by atoms with E-state index in [0.29, 0.717) is 0 Å². The Morgan fingerprint density at radius 3 is 2.56 bits per heavy atom. The van der Waals surface area contributed by atoms with E-state index in [-0.39, 0.29) is 0 Å². The predicted octanol–water partition coefficient (Wildman–Crippen LogP) is 5.60. The van der Waals surface area contributed by atoms with E-state index in [1.807, 2.05) is 36.4 Å². The SMILES string of the molecule is CCCCCCOc1ccc(CNCc2ccccc2Cl)cc1OC. The highest BCUT2D eigenvalue weighted by Crippen LogP contribution is 2.28. The summed E-state index contributed by atoms with van der Waals surface area (Å²) in [5, 5.41) is 4.21. The lowest BCUT2D eigenvalue weighted by Crippen LogP contribution is -2.13. The number of nitrogens with one attached hydrogen (secondary N) is 1. The van der Waals surface area contributed by atoms with Gasteiger partial charge in [-0.15, -0.1) is 0 Å². The second kappa shape index (κ2) is 11.0. The van der Waals surface area contributed by atoms with Crippen LogP contribution in [0.15, 0.2) is 42.5 Å². The average Bonchev–Trinajstić information content (AvgIpc) is 2.64. The summed E-state index contributed by atoms with van der Waals surface area (Å²) >= 11 is 6.18. The zero-order valence-corrected chi connectivity index (χ0v) is 15.9. The maximum Gasteiger partial charge on any atom is 0.161 e. The van der Waals surface area contributed by atoms with Gasteiger partial charge in [-0.2, -0.15) is 0 Å². The number of ether oxygens (including phenoxy) is 2. The predicted molar refractivity (Wildman–Crippen MR) is 105 cm³/mol. The molecule has 0 unspecified atom stereocenters. The molecular formula is C21H28ClNO2. The van der Waals surface area contributed by atoms with Crippen LogP contribution >= 0.6 is 11.6 Å². The normalized spacial score (nSPS) is 10.7. The van der Waals surface area contributed by atoms with Crippen molar-refractivity contribution in [3.8, 4) is 11.5 Å². The first kappa shape index (κ1) is 19.6. The van der Waals surface area contributed by atoms with Crippen molar-refractivity contribution in [1.29, 1.82) is 0 Å². The quantitative estimate of drug-likeness (QED) is 0.528. The lowest BCUT2D eigenvalue weighted by molar-refractivity contribution is 0.285. The highest BCUT2D eigenvalue weighted by molar-refractivity contribution is 6.31. The Balaban J connectivity index is 1.84. The van der Waals surface area contributed by atoms with E-state index in [1.54, 1.807) is 7.11 Å². The Morgan fingerprint density at radius 1 is 0.960 bits per heavy atom. The van der Waals surface area contributed by atoms with Crippen LogP contribution < -0.4 is 14.8 Å². The van der Waals surface area contributed by atoms with Crippen molar-refractivity contribution in [2.75, 3.05) is 13.7 Å². The standard InChI is InChI=1S/C21H28ClNO2/c1-3-4-5-8-13-25-20-12-11-17(14-21(20)24-2)15-23-16-18-9-6-7-10-19(18)22/h6-7,9-12,14,23H,3-5,8,13,15-16H2,1-2H3. The summed E-state index contributed by atoms with van der Waals surface area (Å²) in [6.07, 6.45) is 4.79. The van der Waals surface area contributed by atoms with Crippen molar-refractivity contribution in [3.05, 3.63) is 58.6 Å². The van der Waals surface area contributed by atoms with Crippen LogP contribution in [0.25, 0.3) is 0 Å². The van der Waals surface area contributed by atoms with E-state index in [2.05, 4.69) is 18.3 Å². The monoisotopic (exact) mass is 361 g/mol. The number of hydrogen-bond donors (Lipinski definition) is 1. The van der Waals surface area contributed by atoms with Gasteiger partial charge in [0, 0.05) is 18.1 Å². The Morgan fingerprint density at radius 2 is 1.80 bits per heavy atom. The third-order valence-corrected chi connectivity index (χ3v) is 4.45. The van der Waals surface area contributed by atoms with Crippen LogP contribution in [0, 0.1) is 0 Å². The number of methoxy groups -OCH3 is 1. The molecule has 2 rings (SSSR count). The van der Waals surface area contributed by atoms with Crippen molar-refractivity contribution < 1.29 is 9.47 Å². The smallest absolute Gasteiger partial charge is 0.161 e. The van der Waals surface area contributed by atoms with Crippen LogP contribution in [-0.4, -0.2) is 13.7 Å². The van der Waals surface area contributed by atoms with Gasteiger partial charge >= 0.3 is 0 Å². The molecule has 0 radical (unpaired) electrons. The van der Waals surface area contributed by atoms with Gasteiger partial charge in [-0.25, -0.2) is 0 Å². The summed E-state index contributed by atoms with van der Waals surface area (Å²) < 4.78 is 11.3. The Kier molecular flexibility index (Phi) is 8.64. The van der Waals surface area contributed by atoms with E-state index in [4.69, 9.17) is 21.1 Å². The summed E-state index contributed by atoms with van der Waals surface area (Å²) in [6, 6.07) is 14.0. The fourth-order valence-corrected chi connectivity index (χ4v) is 2.84. The zero-order valence-electron chi connectivity index (χ0n) is 15.2. The largest absolute Gasteiger partial charge is 0.493 e. The molecule has 0 saturated heterocycles. The first-order valence-electron chi connectivity index (χ1n) is 8.98. The van der Waals surface area contributed by atoms with Crippen LogP contribution in [0.4, 0.5) is 0 Å². The summed E-state index contributed by atoms with van der Waals surface area (Å²) in [7, 11) is 1.68. The Bertz CT molecular complexity index is 646. The van der Waals surface area contributed by atoms with Crippen molar-refractivity contribution in [3.63, 3.8) is 0 Å². The van der Waals surface area contributed by atoms with Gasteiger partial charge in [0.05, 0.1) is 13.7 Å². The third-order valence-electron chi connectivity index (χ3n) is 4.09. The van der Waals surface area contributed by atoms with Crippen molar-refractivity contribution in [2.24, 2.45) is 0 Å². The second-order valence-electron chi connectivity index (χ2n) is 6.09. The molecule has 0 atom stereocenters. The van der Waals surface area contributed by atoms with Gasteiger partial charge in [0.2, 0.25) is 0 Å². The molecule has 0 fully saturated rings. The minimum absolute atomic E-state index is 0.734. The molecule has 4 heteroatoms. The van der Waals surface area contributed by atoms with Gasteiger partial charge in [-0.1, -0.05) is 62.1 Å². The molecule has 1 N–H and O–H groups in total. The van der Waals surface area contributed by atoms with E-state index in [0.717, 1.165) is 53.8 Å². The minimum Gasteiger partial charge on any atom is -0.493 e. The maximum absolute atomic E-state index is 6.18. The lowest BCUT2D eigenvalue weighted by atomic mass is 10.2. The van der Waals surface area contributed by atoms with Crippen LogP contribution in [0.1, 0.15) is 43.7 Å². The first-order valence-corrected chi connectivity index (χ1v) is 9.36. The second-order valence-corrected chi connectivity index (χ2v) is 6.50. The van der Waals surface area contributed by atoms with Gasteiger partial charge in [0.15, 0.2) is 11.5 Å². The molecule has 0 bridgehead atoms. The van der Waals surface area contributed by atoms with E-state index in [9.17, 15) is 0 Å². The molecule has 136 valence electrons. The van der Waals surface area contributed by atoms with Crippen molar-refractivity contribution >= 4 is 11.6 Å². The van der Waals surface area contributed by atoms with Crippen LogP contribution in [0.5, 0.6) is 11.5 Å². The molecule has 0 aliphatic carbocycles. The molecule has 0 aromatic heterocycles. The summed E-state index contributed by atoms with van der Waals surface area (Å²) in [5.74, 6) is 1.60. The number of unbranched alkanes of at least 4 members (excludes halogenated alkanes) is 3. The fourth-order valence-electron chi connectivity index (χ4n) is 2.64. The van der Waals surface area contributed by atoms with Crippen LogP contribution in [-0.2, 0) is 13.1 Å². The highest BCUT2D eigenvalue weighted by Gasteiger charge is 2.06. The molecule has 0 aliphatic heterocycles. The molecule has 0 heterocycles. The summed E-state index contributed by atoms with van der Waals surface area (Å²) in [4.78, 5) is 0. The Hall–Kier alpha value is -1.71. The van der Waals surface area contributed by atoms with Crippen LogP contribution in [0.3, 0.4) is 0 Å². The fraction of sp³-hybridized carbons (Fsp3) is 0.429. The van der Waals surface area contributed by atoms with E-state index in [1.165, 1.54) is 19.3 Å². The van der Waals surface area contributed by atoms with Crippen molar-refractivity contribution in [1.82, 2.24) is 5.32 Å². The summed E-state index contributed by atoms with van der Waals surface area (Å²) in [5.41, 5.74) is 2.26. The molecule has 2 aromatic rings. The highest BCUT2D eigenvalue weighted by atomic mass is 35.5. The van der Waals surface area contributed by atoms with E-state index < -0.39 is 0 Å². The lowest BCUT2D eigenvalue weighted by Gasteiger charge is -2.13. The number of rotatable bonds is 11. The first-order chi connectivity index (χ1) is 12.2. The van der Waals surface area contributed by atoms with Gasteiger partial charge in [0.1, 0.15) is 0 Å². The van der Waals surface area contributed by atoms with Gasteiger partial charge in [-0.05, 0) is 35.7 Å². The molecule has 0 aliphatic rings. The third kappa shape index (κ3) is 6.60. The Labute approximate surface area is 156 Å². The van der Waals surface area contributed by atoms with Gasteiger partial charge in [-0.3, -0.25) is 0 Å².